The average molecular weight is 471 g/mol. The molecule has 0 saturated heterocycles. The Morgan fingerprint density at radius 2 is 1.09 bits per heavy atom. The van der Waals surface area contributed by atoms with Gasteiger partial charge in [0.25, 0.3) is 0 Å². The Labute approximate surface area is 210 Å². The largest absolute Gasteiger partial charge is 0.508 e. The maximum atomic E-state index is 13.9. The molecule has 0 spiro atoms. The van der Waals surface area contributed by atoms with Gasteiger partial charge in [-0.1, -0.05) is 102 Å². The molecule has 0 aliphatic carbocycles. The zero-order valence-electron chi connectivity index (χ0n) is 21.9. The molecule has 0 aliphatic rings. The minimum absolute atomic E-state index is 0.0488. The van der Waals surface area contributed by atoms with Crippen LogP contribution in [0, 0.1) is 0 Å². The number of phenolic OH excluding ortho intramolecular Hbond substituents is 1. The van der Waals surface area contributed by atoms with Gasteiger partial charge in [0.05, 0.1) is 0 Å². The normalized spacial score (nSPS) is 11.9. The van der Waals surface area contributed by atoms with Gasteiger partial charge in [-0.25, -0.2) is 0 Å². The van der Waals surface area contributed by atoms with Gasteiger partial charge in [0.2, 0.25) is 0 Å². The van der Waals surface area contributed by atoms with Crippen LogP contribution in [0.15, 0.2) is 66.7 Å². The van der Waals surface area contributed by atoms with Crippen LogP contribution in [0.4, 0.5) is 0 Å². The molecule has 3 heteroatoms. The number of rotatable bonds is 8. The number of aryl methyl sites for hydroxylation is 2. The Bertz CT molecular complexity index is 1180. The molecule has 3 aromatic carbocycles. The number of carbonyl (C=O) groups excluding carboxylic acids is 2. The lowest BCUT2D eigenvalue weighted by molar-refractivity contribution is 0.0946. The van der Waals surface area contributed by atoms with Gasteiger partial charge in [-0.05, 0) is 46.4 Å². The van der Waals surface area contributed by atoms with E-state index in [1.807, 2.05) is 102 Å². The molecular weight excluding hydrogens is 432 g/mol. The van der Waals surface area contributed by atoms with Gasteiger partial charge < -0.3 is 5.11 Å². The summed E-state index contributed by atoms with van der Waals surface area (Å²) in [7, 11) is 0. The molecule has 0 fully saturated rings. The summed E-state index contributed by atoms with van der Waals surface area (Å²) in [5.74, 6) is -0.0549. The second kappa shape index (κ2) is 10.6. The first-order valence-electron chi connectivity index (χ1n) is 12.4. The fourth-order valence-corrected chi connectivity index (χ4v) is 4.64. The van der Waals surface area contributed by atoms with Crippen LogP contribution < -0.4 is 0 Å². The zero-order valence-corrected chi connectivity index (χ0v) is 21.9. The van der Waals surface area contributed by atoms with Gasteiger partial charge in [-0.2, -0.15) is 0 Å². The Balaban J connectivity index is 2.13. The second-order valence-corrected chi connectivity index (χ2v) is 11.4. The van der Waals surface area contributed by atoms with Crippen molar-refractivity contribution in [1.29, 1.82) is 0 Å². The fraction of sp³-hybridized carbons (Fsp3) is 0.375. The lowest BCUT2D eigenvalue weighted by atomic mass is 9.72. The third-order valence-corrected chi connectivity index (χ3v) is 6.39. The molecule has 0 aliphatic heterocycles. The van der Waals surface area contributed by atoms with Crippen molar-refractivity contribution >= 4 is 11.6 Å². The molecule has 0 atom stereocenters. The van der Waals surface area contributed by atoms with Crippen molar-refractivity contribution in [2.24, 2.45) is 0 Å². The van der Waals surface area contributed by atoms with Gasteiger partial charge in [-0.15, -0.1) is 0 Å². The Morgan fingerprint density at radius 3 is 1.49 bits per heavy atom. The lowest BCUT2D eigenvalue weighted by Crippen LogP contribution is -2.26. The molecule has 3 nitrogen and oxygen atoms in total. The summed E-state index contributed by atoms with van der Waals surface area (Å²) in [6.45, 7) is 12.0. The van der Waals surface area contributed by atoms with Crippen molar-refractivity contribution in [2.75, 3.05) is 0 Å². The van der Waals surface area contributed by atoms with Crippen LogP contribution in [0.25, 0.3) is 0 Å². The SMILES string of the molecule is CC(C)(C)c1cc(O)c(C(C)(C)C)c(C(=O)CCc2ccccc2)c1C(=O)CCc1ccccc1. The van der Waals surface area contributed by atoms with Crippen LogP contribution >= 0.6 is 0 Å². The number of hydrogen-bond acceptors (Lipinski definition) is 3. The first-order chi connectivity index (χ1) is 16.4. The van der Waals surface area contributed by atoms with Crippen molar-refractivity contribution < 1.29 is 14.7 Å². The minimum Gasteiger partial charge on any atom is -0.508 e. The molecular formula is C32H38O3. The predicted octanol–water partition coefficient (Wildman–Crippen LogP) is 7.62. The maximum absolute atomic E-state index is 13.9. The number of hydrogen-bond donors (Lipinski definition) is 1. The summed E-state index contributed by atoms with van der Waals surface area (Å²) in [6.07, 6.45) is 1.77. The van der Waals surface area contributed by atoms with E-state index >= 15 is 0 Å². The Hall–Kier alpha value is -3.20. The molecule has 184 valence electrons. The van der Waals surface area contributed by atoms with Gasteiger partial charge in [0, 0.05) is 29.5 Å². The van der Waals surface area contributed by atoms with E-state index in [0.717, 1.165) is 16.7 Å². The highest BCUT2D eigenvalue weighted by Crippen LogP contribution is 2.42. The first-order valence-corrected chi connectivity index (χ1v) is 12.4. The molecule has 0 saturated carbocycles. The molecule has 0 unspecified atom stereocenters. The van der Waals surface area contributed by atoms with Gasteiger partial charge in [0.15, 0.2) is 11.6 Å². The van der Waals surface area contributed by atoms with Crippen LogP contribution in [0.1, 0.15) is 97.4 Å². The lowest BCUT2D eigenvalue weighted by Gasteiger charge is -2.31. The van der Waals surface area contributed by atoms with E-state index in [4.69, 9.17) is 0 Å². The molecule has 0 aromatic heterocycles. The van der Waals surface area contributed by atoms with Crippen molar-refractivity contribution in [2.45, 2.75) is 78.1 Å². The number of aromatic hydroxyl groups is 1. The summed E-state index contributed by atoms with van der Waals surface area (Å²) in [6, 6.07) is 21.5. The molecule has 0 amide bonds. The molecule has 35 heavy (non-hydrogen) atoms. The monoisotopic (exact) mass is 470 g/mol. The van der Waals surface area contributed by atoms with Crippen LogP contribution in [-0.4, -0.2) is 16.7 Å². The van der Waals surface area contributed by atoms with E-state index in [1.165, 1.54) is 0 Å². The van der Waals surface area contributed by atoms with E-state index in [-0.39, 0.29) is 23.7 Å². The number of benzene rings is 3. The van der Waals surface area contributed by atoms with E-state index in [0.29, 0.717) is 36.0 Å². The van der Waals surface area contributed by atoms with Crippen molar-refractivity contribution in [3.05, 3.63) is 100 Å². The summed E-state index contributed by atoms with van der Waals surface area (Å²) in [5, 5.41) is 11.2. The molecule has 0 radical (unpaired) electrons. The van der Waals surface area contributed by atoms with E-state index in [2.05, 4.69) is 0 Å². The van der Waals surface area contributed by atoms with Gasteiger partial charge >= 0.3 is 0 Å². The highest BCUT2D eigenvalue weighted by Gasteiger charge is 2.34. The summed E-state index contributed by atoms with van der Waals surface area (Å²) < 4.78 is 0. The average Bonchev–Trinajstić information content (AvgIpc) is 2.80. The standard InChI is InChI=1S/C32H38O3/c1-31(2,3)24-21-27(35)30(32(4,5)6)29(26(34)20-18-23-15-11-8-12-16-23)28(24)25(33)19-17-22-13-9-7-10-14-22/h7-16,21,35H,17-20H2,1-6H3. The van der Waals surface area contributed by atoms with Crippen molar-refractivity contribution in [3.8, 4) is 5.75 Å². The second-order valence-electron chi connectivity index (χ2n) is 11.4. The number of carbonyl (C=O) groups is 2. The molecule has 3 aromatic rings. The quantitative estimate of drug-likeness (QED) is 0.345. The number of ketones is 2. The highest BCUT2D eigenvalue weighted by molar-refractivity contribution is 6.11. The van der Waals surface area contributed by atoms with Crippen molar-refractivity contribution in [3.63, 3.8) is 0 Å². The maximum Gasteiger partial charge on any atom is 0.164 e. The topological polar surface area (TPSA) is 54.4 Å². The van der Waals surface area contributed by atoms with Gasteiger partial charge in [0.1, 0.15) is 5.75 Å². The smallest absolute Gasteiger partial charge is 0.164 e. The first kappa shape index (κ1) is 26.4. The van der Waals surface area contributed by atoms with Crippen LogP contribution in [0.3, 0.4) is 0 Å². The molecule has 3 rings (SSSR count). The predicted molar refractivity (Wildman–Crippen MR) is 144 cm³/mol. The molecule has 1 N–H and O–H groups in total. The highest BCUT2D eigenvalue weighted by atomic mass is 16.3. The molecule has 0 heterocycles. The fourth-order valence-electron chi connectivity index (χ4n) is 4.64. The van der Waals surface area contributed by atoms with Crippen molar-refractivity contribution in [1.82, 2.24) is 0 Å². The van der Waals surface area contributed by atoms with Gasteiger partial charge in [-0.3, -0.25) is 9.59 Å². The van der Waals surface area contributed by atoms with E-state index in [1.54, 1.807) is 6.07 Å². The summed E-state index contributed by atoms with van der Waals surface area (Å²) >= 11 is 0. The third kappa shape index (κ3) is 6.48. The summed E-state index contributed by atoms with van der Waals surface area (Å²) in [4.78, 5) is 27.7. The number of phenols is 1. The Morgan fingerprint density at radius 1 is 0.657 bits per heavy atom. The number of Topliss-reactive ketones (excluding diaryl/α,β-unsaturated/α-hetero) is 2. The summed E-state index contributed by atoms with van der Waals surface area (Å²) in [5.41, 5.74) is 3.41. The Kier molecular flexibility index (Phi) is 8.00. The minimum atomic E-state index is -0.507. The van der Waals surface area contributed by atoms with E-state index in [9.17, 15) is 14.7 Å². The zero-order chi connectivity index (χ0) is 25.8. The van der Waals surface area contributed by atoms with E-state index < -0.39 is 10.8 Å². The van der Waals surface area contributed by atoms with Crippen LogP contribution in [-0.2, 0) is 23.7 Å². The third-order valence-electron chi connectivity index (χ3n) is 6.39. The van der Waals surface area contributed by atoms with Crippen LogP contribution in [0.2, 0.25) is 0 Å². The molecule has 0 bridgehead atoms. The van der Waals surface area contributed by atoms with Crippen LogP contribution in [0.5, 0.6) is 5.75 Å².